The molecule has 1 fully saturated rings. The van der Waals surface area contributed by atoms with Crippen molar-refractivity contribution in [1.29, 1.82) is 0 Å². The van der Waals surface area contributed by atoms with E-state index in [9.17, 15) is 4.39 Å². The molecule has 1 aromatic carbocycles. The summed E-state index contributed by atoms with van der Waals surface area (Å²) in [6.45, 7) is 1.45. The number of hydrogen-bond acceptors (Lipinski definition) is 2. The van der Waals surface area contributed by atoms with Gasteiger partial charge in [-0.3, -0.25) is 0 Å². The number of nitrogens with zero attached hydrogens (tertiary/aromatic N) is 1. The molecule has 0 bridgehead atoms. The lowest BCUT2D eigenvalue weighted by Gasteiger charge is -2.29. The highest BCUT2D eigenvalue weighted by Crippen LogP contribution is 2.27. The van der Waals surface area contributed by atoms with Crippen LogP contribution in [0.15, 0.2) is 18.2 Å². The second-order valence-corrected chi connectivity index (χ2v) is 5.36. The molecule has 2 N–H and O–H groups in total. The first-order chi connectivity index (χ1) is 8.70. The number of benzene rings is 1. The molecule has 0 aromatic heterocycles. The predicted octanol–water partition coefficient (Wildman–Crippen LogP) is 3.30. The van der Waals surface area contributed by atoms with Crippen LogP contribution >= 0.6 is 0 Å². The fourth-order valence-electron chi connectivity index (χ4n) is 2.95. The highest BCUT2D eigenvalue weighted by Gasteiger charge is 2.17. The fraction of sp³-hybridized carbons (Fsp3) is 0.600. The van der Waals surface area contributed by atoms with Gasteiger partial charge in [0.1, 0.15) is 5.82 Å². The minimum atomic E-state index is -0.203. The zero-order chi connectivity index (χ0) is 13.0. The van der Waals surface area contributed by atoms with E-state index in [0.29, 0.717) is 6.54 Å². The van der Waals surface area contributed by atoms with Crippen LogP contribution in [0.5, 0.6) is 0 Å². The van der Waals surface area contributed by atoms with Crippen molar-refractivity contribution in [2.24, 2.45) is 11.7 Å². The Kier molecular flexibility index (Phi) is 4.59. The third-order valence-electron chi connectivity index (χ3n) is 3.93. The van der Waals surface area contributed by atoms with Crippen LogP contribution in [-0.4, -0.2) is 13.6 Å². The van der Waals surface area contributed by atoms with Gasteiger partial charge in [0.2, 0.25) is 0 Å². The summed E-state index contributed by atoms with van der Waals surface area (Å²) in [7, 11) is 2.08. The monoisotopic (exact) mass is 250 g/mol. The van der Waals surface area contributed by atoms with Crippen molar-refractivity contribution < 1.29 is 4.39 Å². The molecule has 3 heteroatoms. The van der Waals surface area contributed by atoms with Gasteiger partial charge in [-0.2, -0.15) is 0 Å². The van der Waals surface area contributed by atoms with Crippen LogP contribution in [0.1, 0.15) is 37.7 Å². The van der Waals surface area contributed by atoms with E-state index in [1.54, 1.807) is 6.07 Å². The lowest BCUT2D eigenvalue weighted by molar-refractivity contribution is 0.362. The van der Waals surface area contributed by atoms with Crippen molar-refractivity contribution in [3.05, 3.63) is 29.6 Å². The average Bonchev–Trinajstić information content (AvgIpc) is 2.39. The number of halogens is 1. The van der Waals surface area contributed by atoms with Crippen LogP contribution in [0.3, 0.4) is 0 Å². The Morgan fingerprint density at radius 1 is 1.28 bits per heavy atom. The Morgan fingerprint density at radius 3 is 2.67 bits per heavy atom. The highest BCUT2D eigenvalue weighted by molar-refractivity contribution is 5.53. The maximum Gasteiger partial charge on any atom is 0.123 e. The minimum absolute atomic E-state index is 0.203. The quantitative estimate of drug-likeness (QED) is 0.888. The topological polar surface area (TPSA) is 29.3 Å². The summed E-state index contributed by atoms with van der Waals surface area (Å²) in [6, 6.07) is 4.92. The number of hydrogen-bond donors (Lipinski definition) is 1. The van der Waals surface area contributed by atoms with Gasteiger partial charge in [0.25, 0.3) is 0 Å². The van der Waals surface area contributed by atoms with Crippen molar-refractivity contribution in [2.45, 2.75) is 38.6 Å². The highest BCUT2D eigenvalue weighted by atomic mass is 19.1. The molecule has 100 valence electrons. The molecular formula is C15H23FN2. The normalized spacial score (nSPS) is 16.8. The summed E-state index contributed by atoms with van der Waals surface area (Å²) < 4.78 is 13.2. The van der Waals surface area contributed by atoms with Gasteiger partial charge >= 0.3 is 0 Å². The Bertz CT molecular complexity index is 386. The van der Waals surface area contributed by atoms with Gasteiger partial charge in [-0.25, -0.2) is 4.39 Å². The first-order valence-electron chi connectivity index (χ1n) is 6.90. The first-order valence-corrected chi connectivity index (χ1v) is 6.90. The standard InChI is InChI=1S/C15H23FN2/c1-18(11-12-5-3-2-4-6-12)15-8-7-14(16)9-13(15)10-17/h7-9,12H,2-6,10-11,17H2,1H3. The van der Waals surface area contributed by atoms with Crippen molar-refractivity contribution >= 4 is 5.69 Å². The van der Waals surface area contributed by atoms with Crippen molar-refractivity contribution in [3.63, 3.8) is 0 Å². The number of rotatable bonds is 4. The summed E-state index contributed by atoms with van der Waals surface area (Å²) in [5, 5.41) is 0. The molecule has 0 spiro atoms. The molecule has 1 saturated carbocycles. The van der Waals surface area contributed by atoms with E-state index in [2.05, 4.69) is 11.9 Å². The second kappa shape index (κ2) is 6.19. The summed E-state index contributed by atoms with van der Waals surface area (Å²) >= 11 is 0. The van der Waals surface area contributed by atoms with Crippen molar-refractivity contribution in [1.82, 2.24) is 0 Å². The number of anilines is 1. The predicted molar refractivity (Wildman–Crippen MR) is 74.1 cm³/mol. The molecule has 1 aliphatic carbocycles. The van der Waals surface area contributed by atoms with Crippen LogP contribution in [0.4, 0.5) is 10.1 Å². The molecular weight excluding hydrogens is 227 g/mol. The van der Waals surface area contributed by atoms with E-state index in [-0.39, 0.29) is 5.82 Å². The molecule has 0 radical (unpaired) electrons. The molecule has 0 heterocycles. The maximum atomic E-state index is 13.2. The summed E-state index contributed by atoms with van der Waals surface area (Å²) in [4.78, 5) is 2.23. The third kappa shape index (κ3) is 3.22. The van der Waals surface area contributed by atoms with Crippen LogP contribution in [-0.2, 0) is 6.54 Å². The van der Waals surface area contributed by atoms with Gasteiger partial charge in [0.05, 0.1) is 0 Å². The van der Waals surface area contributed by atoms with Gasteiger partial charge in [0.15, 0.2) is 0 Å². The SMILES string of the molecule is CN(CC1CCCCC1)c1ccc(F)cc1CN. The van der Waals surface area contributed by atoms with Gasteiger partial charge in [0, 0.05) is 25.8 Å². The van der Waals surface area contributed by atoms with Crippen LogP contribution in [0.25, 0.3) is 0 Å². The minimum Gasteiger partial charge on any atom is -0.374 e. The Morgan fingerprint density at radius 2 is 2.00 bits per heavy atom. The van der Waals surface area contributed by atoms with Gasteiger partial charge < -0.3 is 10.6 Å². The van der Waals surface area contributed by atoms with Gasteiger partial charge in [-0.05, 0) is 42.5 Å². The van der Waals surface area contributed by atoms with Crippen LogP contribution < -0.4 is 10.6 Å². The lowest BCUT2D eigenvalue weighted by Crippen LogP contribution is -2.28. The van der Waals surface area contributed by atoms with Gasteiger partial charge in [-0.1, -0.05) is 19.3 Å². The van der Waals surface area contributed by atoms with Gasteiger partial charge in [-0.15, -0.1) is 0 Å². The van der Waals surface area contributed by atoms with Crippen molar-refractivity contribution in [2.75, 3.05) is 18.5 Å². The van der Waals surface area contributed by atoms with E-state index in [4.69, 9.17) is 5.73 Å². The van der Waals surface area contributed by atoms with E-state index in [1.165, 1.54) is 38.2 Å². The zero-order valence-electron chi connectivity index (χ0n) is 11.2. The number of nitrogens with two attached hydrogens (primary N) is 1. The maximum absolute atomic E-state index is 13.2. The molecule has 1 aromatic rings. The van der Waals surface area contributed by atoms with Crippen molar-refractivity contribution in [3.8, 4) is 0 Å². The van der Waals surface area contributed by atoms with E-state index < -0.39 is 0 Å². The van der Waals surface area contributed by atoms with E-state index in [0.717, 1.165) is 23.7 Å². The van der Waals surface area contributed by atoms with E-state index in [1.807, 2.05) is 6.07 Å². The fourth-order valence-corrected chi connectivity index (χ4v) is 2.95. The third-order valence-corrected chi connectivity index (χ3v) is 3.93. The largest absolute Gasteiger partial charge is 0.374 e. The molecule has 0 saturated heterocycles. The summed E-state index contributed by atoms with van der Waals surface area (Å²) in [6.07, 6.45) is 6.73. The molecule has 18 heavy (non-hydrogen) atoms. The van der Waals surface area contributed by atoms with E-state index >= 15 is 0 Å². The summed E-state index contributed by atoms with van der Waals surface area (Å²) in [5.74, 6) is 0.574. The molecule has 1 aliphatic rings. The second-order valence-electron chi connectivity index (χ2n) is 5.36. The molecule has 0 amide bonds. The molecule has 0 atom stereocenters. The Hall–Kier alpha value is -1.09. The molecule has 0 aliphatic heterocycles. The Balaban J connectivity index is 2.05. The van der Waals surface area contributed by atoms with Crippen LogP contribution in [0.2, 0.25) is 0 Å². The summed E-state index contributed by atoms with van der Waals surface area (Å²) in [5.41, 5.74) is 7.67. The molecule has 2 rings (SSSR count). The smallest absolute Gasteiger partial charge is 0.123 e. The van der Waals surface area contributed by atoms with Crippen LogP contribution in [0, 0.1) is 11.7 Å². The lowest BCUT2D eigenvalue weighted by atomic mass is 9.89. The average molecular weight is 250 g/mol. The molecule has 2 nitrogen and oxygen atoms in total. The first kappa shape index (κ1) is 13.3. The zero-order valence-corrected chi connectivity index (χ0v) is 11.2. The Labute approximate surface area is 109 Å². The molecule has 0 unspecified atom stereocenters.